The number of unbranched alkanes of at least 4 members (excludes halogenated alkanes) is 1. The van der Waals surface area contributed by atoms with E-state index in [4.69, 9.17) is 4.55 Å². The second kappa shape index (κ2) is 5.68. The van der Waals surface area contributed by atoms with E-state index in [2.05, 4.69) is 6.92 Å². The Hall–Kier alpha value is 0.910. The monoisotopic (exact) mass is 160 g/mol. The van der Waals surface area contributed by atoms with Crippen LogP contribution in [0.1, 0.15) is 12.8 Å². The van der Waals surface area contributed by atoms with Crippen molar-refractivity contribution in [2.24, 2.45) is 0 Å². The van der Waals surface area contributed by atoms with Crippen LogP contribution in [0.5, 0.6) is 0 Å². The van der Waals surface area contributed by atoms with Gasteiger partial charge in [0.1, 0.15) is 0 Å². The number of hydrogen-bond acceptors (Lipinski definition) is 2. The van der Waals surface area contributed by atoms with Crippen LogP contribution >= 0.6 is 0 Å². The minimum atomic E-state index is -3.73. The van der Waals surface area contributed by atoms with Crippen LogP contribution in [0.15, 0.2) is 0 Å². The Morgan fingerprint density at radius 3 is 2.00 bits per heavy atom. The van der Waals surface area contributed by atoms with Crippen molar-refractivity contribution >= 4 is 10.1 Å². The van der Waals surface area contributed by atoms with E-state index in [-0.39, 0.29) is 35.3 Å². The smallest absolute Gasteiger partial charge is 0.343 e. The Morgan fingerprint density at radius 1 is 1.44 bits per heavy atom. The van der Waals surface area contributed by atoms with Gasteiger partial charge in [0.25, 0.3) is 10.1 Å². The van der Waals surface area contributed by atoms with Crippen molar-refractivity contribution in [2.75, 3.05) is 5.75 Å². The van der Waals surface area contributed by atoms with Crippen molar-refractivity contribution in [3.8, 4) is 0 Å². The van der Waals surface area contributed by atoms with Gasteiger partial charge in [0.05, 0.1) is 5.75 Å². The molecule has 3 nitrogen and oxygen atoms in total. The number of rotatable bonds is 3. The maximum Gasteiger partial charge on any atom is 1.00 e. The third-order valence-corrected chi connectivity index (χ3v) is 1.46. The molecular formula is C4H9NaO3S. The van der Waals surface area contributed by atoms with Gasteiger partial charge >= 0.3 is 29.6 Å². The Kier molecular flexibility index (Phi) is 7.93. The van der Waals surface area contributed by atoms with Gasteiger partial charge in [-0.25, -0.2) is 0 Å². The summed E-state index contributed by atoms with van der Waals surface area (Å²) in [5.41, 5.74) is 0. The fraction of sp³-hybridized carbons (Fsp3) is 0.750. The summed E-state index contributed by atoms with van der Waals surface area (Å²) >= 11 is 0. The van der Waals surface area contributed by atoms with Crippen LogP contribution in [0.25, 0.3) is 0 Å². The molecule has 0 aliphatic carbocycles. The molecule has 0 saturated carbocycles. The van der Waals surface area contributed by atoms with E-state index < -0.39 is 10.1 Å². The average molecular weight is 160 g/mol. The zero-order valence-electron chi connectivity index (χ0n) is 5.50. The average Bonchev–Trinajstić information content (AvgIpc) is 1.59. The number of hydrogen-bond donors (Lipinski definition) is 1. The topological polar surface area (TPSA) is 54.4 Å². The Bertz CT molecular complexity index is 140. The zero-order chi connectivity index (χ0) is 6.62. The predicted octanol–water partition coefficient (Wildman–Crippen LogP) is -2.51. The van der Waals surface area contributed by atoms with Crippen molar-refractivity contribution < 1.29 is 42.5 Å². The molecule has 1 N–H and O–H groups in total. The normalized spacial score (nSPS) is 10.4. The summed E-state index contributed by atoms with van der Waals surface area (Å²) < 4.78 is 27.9. The van der Waals surface area contributed by atoms with Gasteiger partial charge in [-0.3, -0.25) is 4.55 Å². The first-order chi connectivity index (χ1) is 3.56. The maximum absolute atomic E-state index is 9.92. The van der Waals surface area contributed by atoms with Gasteiger partial charge in [-0.05, 0) is 0 Å². The van der Waals surface area contributed by atoms with Crippen LogP contribution < -0.4 is 29.6 Å². The summed E-state index contributed by atoms with van der Waals surface area (Å²) in [5.74, 6) is -0.170. The van der Waals surface area contributed by atoms with Gasteiger partial charge in [-0.2, -0.15) is 14.8 Å². The third kappa shape index (κ3) is 12.2. The van der Waals surface area contributed by atoms with Crippen LogP contribution in [-0.2, 0) is 10.1 Å². The molecule has 0 bridgehead atoms. The van der Waals surface area contributed by atoms with Crippen molar-refractivity contribution in [3.05, 3.63) is 6.92 Å². The molecular weight excluding hydrogens is 151 g/mol. The Morgan fingerprint density at radius 2 is 1.89 bits per heavy atom. The molecule has 0 unspecified atom stereocenters. The molecule has 5 heteroatoms. The second-order valence-electron chi connectivity index (χ2n) is 1.49. The molecule has 0 rings (SSSR count). The van der Waals surface area contributed by atoms with Gasteiger partial charge in [0.15, 0.2) is 0 Å². The van der Waals surface area contributed by atoms with E-state index in [1.54, 1.807) is 0 Å². The van der Waals surface area contributed by atoms with Crippen molar-refractivity contribution in [1.29, 1.82) is 0 Å². The van der Waals surface area contributed by atoms with E-state index in [0.29, 0.717) is 12.8 Å². The van der Waals surface area contributed by atoms with E-state index >= 15 is 0 Å². The van der Waals surface area contributed by atoms with E-state index in [9.17, 15) is 8.42 Å². The summed E-state index contributed by atoms with van der Waals surface area (Å²) in [5, 5.41) is 0. The van der Waals surface area contributed by atoms with E-state index in [1.165, 1.54) is 0 Å². The molecule has 0 aliphatic heterocycles. The van der Waals surface area contributed by atoms with Crippen LogP contribution in [0.2, 0.25) is 0 Å². The van der Waals surface area contributed by atoms with Crippen LogP contribution in [0.4, 0.5) is 0 Å². The van der Waals surface area contributed by atoms with Crippen molar-refractivity contribution in [2.45, 2.75) is 12.8 Å². The van der Waals surface area contributed by atoms with Gasteiger partial charge in [0, 0.05) is 0 Å². The Labute approximate surface area is 77.9 Å². The molecule has 0 radical (unpaired) electrons. The van der Waals surface area contributed by atoms with Crippen LogP contribution in [0.3, 0.4) is 0 Å². The molecule has 9 heavy (non-hydrogen) atoms. The fourth-order valence-electron chi connectivity index (χ4n) is 0.284. The van der Waals surface area contributed by atoms with E-state index in [0.717, 1.165) is 0 Å². The standard InChI is InChI=1S/C4H9O3S.Na/c1-2-3-4-8(5,6)7;/h1-4H2,(H,5,6,7);/q-1;+1. The van der Waals surface area contributed by atoms with E-state index in [1.807, 2.05) is 0 Å². The Balaban J connectivity index is 0. The molecule has 0 aromatic heterocycles. The minimum absolute atomic E-state index is 0. The first-order valence-electron chi connectivity index (χ1n) is 2.30. The molecule has 0 amide bonds. The zero-order valence-corrected chi connectivity index (χ0v) is 8.32. The third-order valence-electron chi connectivity index (χ3n) is 0.652. The minimum Gasteiger partial charge on any atom is -0.343 e. The van der Waals surface area contributed by atoms with Crippen LogP contribution in [-0.4, -0.2) is 18.7 Å². The predicted molar refractivity (Wildman–Crippen MR) is 31.0 cm³/mol. The first kappa shape index (κ1) is 12.6. The quantitative estimate of drug-likeness (QED) is 0.282. The van der Waals surface area contributed by atoms with Gasteiger partial charge < -0.3 is 6.92 Å². The molecule has 0 spiro atoms. The maximum atomic E-state index is 9.92. The largest absolute Gasteiger partial charge is 1.00 e. The molecule has 0 heterocycles. The molecule has 0 aromatic carbocycles. The summed E-state index contributed by atoms with van der Waals surface area (Å²) in [4.78, 5) is 0. The van der Waals surface area contributed by atoms with Gasteiger partial charge in [-0.15, -0.1) is 0 Å². The summed E-state index contributed by atoms with van der Waals surface area (Å²) in [7, 11) is -3.73. The molecule has 0 saturated heterocycles. The molecule has 0 atom stereocenters. The van der Waals surface area contributed by atoms with Crippen LogP contribution in [0, 0.1) is 6.92 Å². The van der Waals surface area contributed by atoms with Crippen molar-refractivity contribution in [3.63, 3.8) is 0 Å². The molecule has 0 fully saturated rings. The van der Waals surface area contributed by atoms with Crippen molar-refractivity contribution in [1.82, 2.24) is 0 Å². The van der Waals surface area contributed by atoms with Gasteiger partial charge in [-0.1, -0.05) is 6.42 Å². The first-order valence-corrected chi connectivity index (χ1v) is 3.91. The SMILES string of the molecule is [CH2-]CCCS(=O)(=O)O.[Na+]. The molecule has 0 aromatic rings. The fourth-order valence-corrected chi connectivity index (χ4v) is 0.853. The summed E-state index contributed by atoms with van der Waals surface area (Å²) in [6.45, 7) is 3.41. The molecule has 50 valence electrons. The van der Waals surface area contributed by atoms with Gasteiger partial charge in [0.2, 0.25) is 0 Å². The molecule has 0 aliphatic rings. The summed E-state index contributed by atoms with van der Waals surface area (Å²) in [6.07, 6.45) is 0.971. The summed E-state index contributed by atoms with van der Waals surface area (Å²) in [6, 6.07) is 0. The second-order valence-corrected chi connectivity index (χ2v) is 3.07.